The zero-order valence-electron chi connectivity index (χ0n) is 11.9. The van der Waals surface area contributed by atoms with E-state index in [0.717, 1.165) is 29.8 Å². The lowest BCUT2D eigenvalue weighted by atomic mass is 9.98. The molecule has 0 aromatic heterocycles. The zero-order chi connectivity index (χ0) is 13.5. The SMILES string of the molecule is CCCC1CCCCN1CCNc1ccccc1Cl. The van der Waals surface area contributed by atoms with Crippen LogP contribution in [-0.4, -0.2) is 30.6 Å². The smallest absolute Gasteiger partial charge is 0.0637 e. The number of anilines is 1. The van der Waals surface area contributed by atoms with Gasteiger partial charge in [0.25, 0.3) is 0 Å². The summed E-state index contributed by atoms with van der Waals surface area (Å²) in [4.78, 5) is 2.65. The Hall–Kier alpha value is -0.730. The molecule has 19 heavy (non-hydrogen) atoms. The number of nitrogens with one attached hydrogen (secondary N) is 1. The van der Waals surface area contributed by atoms with Crippen LogP contribution in [0.25, 0.3) is 0 Å². The van der Waals surface area contributed by atoms with E-state index in [1.807, 2.05) is 24.3 Å². The van der Waals surface area contributed by atoms with Gasteiger partial charge in [0.1, 0.15) is 0 Å². The van der Waals surface area contributed by atoms with Gasteiger partial charge in [0.2, 0.25) is 0 Å². The molecule has 1 N–H and O–H groups in total. The van der Waals surface area contributed by atoms with Crippen molar-refractivity contribution in [2.45, 2.75) is 45.1 Å². The van der Waals surface area contributed by atoms with Gasteiger partial charge in [-0.1, -0.05) is 43.5 Å². The molecular formula is C16H25ClN2. The number of hydrogen-bond acceptors (Lipinski definition) is 2. The molecule has 0 saturated carbocycles. The summed E-state index contributed by atoms with van der Waals surface area (Å²) < 4.78 is 0. The van der Waals surface area contributed by atoms with Crippen molar-refractivity contribution in [3.63, 3.8) is 0 Å². The van der Waals surface area contributed by atoms with Gasteiger partial charge >= 0.3 is 0 Å². The summed E-state index contributed by atoms with van der Waals surface area (Å²) in [6.45, 7) is 5.64. The Labute approximate surface area is 122 Å². The van der Waals surface area contributed by atoms with E-state index < -0.39 is 0 Å². The molecule has 1 aromatic rings. The third kappa shape index (κ3) is 4.39. The normalized spacial score (nSPS) is 20.4. The number of nitrogens with zero attached hydrogens (tertiary/aromatic N) is 1. The fraction of sp³-hybridized carbons (Fsp3) is 0.625. The van der Waals surface area contributed by atoms with Crippen molar-refractivity contribution in [3.8, 4) is 0 Å². The standard InChI is InChI=1S/C16H25ClN2/c1-2-7-14-8-5-6-12-19(14)13-11-18-16-10-4-3-9-15(16)17/h3-4,9-10,14,18H,2,5-8,11-13H2,1H3. The Bertz CT molecular complexity index is 379. The van der Waals surface area contributed by atoms with Gasteiger partial charge < -0.3 is 5.32 Å². The molecule has 1 heterocycles. The highest BCUT2D eigenvalue weighted by Gasteiger charge is 2.20. The van der Waals surface area contributed by atoms with Crippen LogP contribution in [0.3, 0.4) is 0 Å². The Morgan fingerprint density at radius 1 is 1.32 bits per heavy atom. The first-order valence-corrected chi connectivity index (χ1v) is 7.91. The molecule has 1 aromatic carbocycles. The maximum Gasteiger partial charge on any atom is 0.0637 e. The largest absolute Gasteiger partial charge is 0.383 e. The van der Waals surface area contributed by atoms with Crippen LogP contribution >= 0.6 is 11.6 Å². The van der Waals surface area contributed by atoms with Crippen molar-refractivity contribution < 1.29 is 0 Å². The van der Waals surface area contributed by atoms with Crippen LogP contribution in [0.1, 0.15) is 39.0 Å². The van der Waals surface area contributed by atoms with E-state index in [1.54, 1.807) is 0 Å². The molecule has 0 spiro atoms. The van der Waals surface area contributed by atoms with Gasteiger partial charge in [0.05, 0.1) is 10.7 Å². The van der Waals surface area contributed by atoms with Crippen molar-refractivity contribution in [1.82, 2.24) is 4.90 Å². The summed E-state index contributed by atoms with van der Waals surface area (Å²) in [7, 11) is 0. The Morgan fingerprint density at radius 2 is 2.16 bits per heavy atom. The van der Waals surface area contributed by atoms with Gasteiger partial charge in [0.15, 0.2) is 0 Å². The van der Waals surface area contributed by atoms with Gasteiger partial charge in [0, 0.05) is 19.1 Å². The Balaban J connectivity index is 1.79. The predicted molar refractivity (Wildman–Crippen MR) is 84.1 cm³/mol. The summed E-state index contributed by atoms with van der Waals surface area (Å²) in [5.41, 5.74) is 1.05. The molecule has 1 aliphatic heterocycles. The van der Waals surface area contributed by atoms with Crippen LogP contribution in [0, 0.1) is 0 Å². The van der Waals surface area contributed by atoms with Gasteiger partial charge in [-0.2, -0.15) is 0 Å². The third-order valence-electron chi connectivity index (χ3n) is 3.96. The topological polar surface area (TPSA) is 15.3 Å². The minimum Gasteiger partial charge on any atom is -0.383 e. The second-order valence-electron chi connectivity index (χ2n) is 5.38. The van der Waals surface area contributed by atoms with E-state index in [0.29, 0.717) is 0 Å². The second-order valence-corrected chi connectivity index (χ2v) is 5.79. The van der Waals surface area contributed by atoms with E-state index in [-0.39, 0.29) is 0 Å². The molecule has 3 heteroatoms. The number of halogens is 1. The average molecular weight is 281 g/mol. The van der Waals surface area contributed by atoms with E-state index in [2.05, 4.69) is 17.1 Å². The number of para-hydroxylation sites is 1. The Kier molecular flexibility index (Phi) is 5.99. The van der Waals surface area contributed by atoms with E-state index >= 15 is 0 Å². The van der Waals surface area contributed by atoms with Gasteiger partial charge in [-0.25, -0.2) is 0 Å². The molecule has 0 aliphatic carbocycles. The molecule has 1 atom stereocenters. The van der Waals surface area contributed by atoms with Gasteiger partial charge in [-0.15, -0.1) is 0 Å². The summed E-state index contributed by atoms with van der Waals surface area (Å²) in [5, 5.41) is 4.26. The molecule has 2 rings (SSSR count). The van der Waals surface area contributed by atoms with E-state index in [9.17, 15) is 0 Å². The van der Waals surface area contributed by atoms with Crippen LogP contribution in [0.5, 0.6) is 0 Å². The Morgan fingerprint density at radius 3 is 2.95 bits per heavy atom. The van der Waals surface area contributed by atoms with Crippen molar-refractivity contribution in [2.24, 2.45) is 0 Å². The molecule has 1 fully saturated rings. The number of likely N-dealkylation sites (tertiary alicyclic amines) is 1. The van der Waals surface area contributed by atoms with Crippen LogP contribution < -0.4 is 5.32 Å². The zero-order valence-corrected chi connectivity index (χ0v) is 12.6. The first-order chi connectivity index (χ1) is 9.31. The second kappa shape index (κ2) is 7.76. The lowest BCUT2D eigenvalue weighted by Gasteiger charge is -2.35. The van der Waals surface area contributed by atoms with Crippen LogP contribution in [0.15, 0.2) is 24.3 Å². The fourth-order valence-corrected chi connectivity index (χ4v) is 3.16. The van der Waals surface area contributed by atoms with Gasteiger partial charge in [-0.05, 0) is 37.9 Å². The number of rotatable bonds is 6. The lowest BCUT2D eigenvalue weighted by Crippen LogP contribution is -2.41. The minimum atomic E-state index is 0.798. The van der Waals surface area contributed by atoms with E-state index in [1.165, 1.54) is 38.6 Å². The molecule has 0 radical (unpaired) electrons. The highest BCUT2D eigenvalue weighted by atomic mass is 35.5. The highest BCUT2D eigenvalue weighted by molar-refractivity contribution is 6.33. The molecule has 1 unspecified atom stereocenters. The molecule has 2 nitrogen and oxygen atoms in total. The first-order valence-electron chi connectivity index (χ1n) is 7.53. The molecule has 0 bridgehead atoms. The van der Waals surface area contributed by atoms with Crippen LogP contribution in [0.2, 0.25) is 5.02 Å². The monoisotopic (exact) mass is 280 g/mol. The van der Waals surface area contributed by atoms with Crippen molar-refractivity contribution >= 4 is 17.3 Å². The molecular weight excluding hydrogens is 256 g/mol. The summed E-state index contributed by atoms with van der Waals surface area (Å²) in [5.74, 6) is 0. The summed E-state index contributed by atoms with van der Waals surface area (Å²) >= 11 is 6.15. The quantitative estimate of drug-likeness (QED) is 0.830. The number of piperidine rings is 1. The molecule has 1 saturated heterocycles. The van der Waals surface area contributed by atoms with Crippen molar-refractivity contribution in [3.05, 3.63) is 29.3 Å². The predicted octanol–water partition coefficient (Wildman–Crippen LogP) is 4.41. The van der Waals surface area contributed by atoms with E-state index in [4.69, 9.17) is 11.6 Å². The van der Waals surface area contributed by atoms with Crippen molar-refractivity contribution in [2.75, 3.05) is 25.0 Å². The molecule has 1 aliphatic rings. The third-order valence-corrected chi connectivity index (χ3v) is 4.29. The molecule has 0 amide bonds. The highest BCUT2D eigenvalue weighted by Crippen LogP contribution is 2.22. The molecule has 106 valence electrons. The van der Waals surface area contributed by atoms with Gasteiger partial charge in [-0.3, -0.25) is 4.90 Å². The lowest BCUT2D eigenvalue weighted by molar-refractivity contribution is 0.145. The average Bonchev–Trinajstić information content (AvgIpc) is 2.43. The summed E-state index contributed by atoms with van der Waals surface area (Å²) in [6.07, 6.45) is 6.76. The van der Waals surface area contributed by atoms with Crippen molar-refractivity contribution in [1.29, 1.82) is 0 Å². The first kappa shape index (κ1) is 14.7. The van der Waals surface area contributed by atoms with Crippen LogP contribution in [-0.2, 0) is 0 Å². The fourth-order valence-electron chi connectivity index (χ4n) is 2.95. The summed E-state index contributed by atoms with van der Waals surface area (Å²) in [6, 6.07) is 8.77. The number of benzene rings is 1. The maximum absolute atomic E-state index is 6.15. The van der Waals surface area contributed by atoms with Crippen LogP contribution in [0.4, 0.5) is 5.69 Å². The number of hydrogen-bond donors (Lipinski definition) is 1. The maximum atomic E-state index is 6.15. The minimum absolute atomic E-state index is 0.798.